The van der Waals surface area contributed by atoms with Gasteiger partial charge >= 0.3 is 0 Å². The van der Waals surface area contributed by atoms with Gasteiger partial charge in [-0.2, -0.15) is 0 Å². The minimum atomic E-state index is -0.386. The van der Waals surface area contributed by atoms with Crippen LogP contribution in [0, 0.1) is 6.92 Å². The van der Waals surface area contributed by atoms with Crippen molar-refractivity contribution in [2.24, 2.45) is 0 Å². The van der Waals surface area contributed by atoms with Gasteiger partial charge in [-0.05, 0) is 26.2 Å². The number of carbonyl (C=O) groups excluding carboxylic acids is 1. The summed E-state index contributed by atoms with van der Waals surface area (Å²) < 4.78 is 12.1. The molecule has 1 aliphatic carbocycles. The first-order chi connectivity index (χ1) is 16.0. The van der Waals surface area contributed by atoms with E-state index in [2.05, 4.69) is 15.0 Å². The Morgan fingerprint density at radius 1 is 1.15 bits per heavy atom. The van der Waals surface area contributed by atoms with E-state index in [4.69, 9.17) is 14.1 Å². The first kappa shape index (κ1) is 21.5. The molecule has 0 unspecified atom stereocenters. The van der Waals surface area contributed by atoms with Crippen molar-refractivity contribution in [3.8, 4) is 11.1 Å². The predicted octanol–water partition coefficient (Wildman–Crippen LogP) is 2.99. The average Bonchev–Trinajstić information content (AvgIpc) is 3.19. The molecule has 5 rings (SSSR count). The predicted molar refractivity (Wildman–Crippen MR) is 122 cm³/mol. The van der Waals surface area contributed by atoms with E-state index in [9.17, 15) is 4.79 Å². The highest BCUT2D eigenvalue weighted by Crippen LogP contribution is 2.34. The van der Waals surface area contributed by atoms with E-state index >= 15 is 0 Å². The first-order valence-electron chi connectivity index (χ1n) is 11.3. The molecule has 0 aromatic carbocycles. The smallest absolute Gasteiger partial charge is 0.257 e. The van der Waals surface area contributed by atoms with E-state index in [1.807, 2.05) is 30.8 Å². The summed E-state index contributed by atoms with van der Waals surface area (Å²) in [5.74, 6) is 2.29. The van der Waals surface area contributed by atoms with E-state index in [0.717, 1.165) is 59.4 Å². The maximum atomic E-state index is 13.6. The number of carbonyl (C=O) groups is 1. The topological polar surface area (TPSA) is 97.5 Å². The second-order valence-corrected chi connectivity index (χ2v) is 8.74. The van der Waals surface area contributed by atoms with Crippen molar-refractivity contribution >= 4 is 11.9 Å². The molecular formula is C24H28N6O3. The summed E-state index contributed by atoms with van der Waals surface area (Å²) in [6, 6.07) is 0. The van der Waals surface area contributed by atoms with Gasteiger partial charge < -0.3 is 19.0 Å². The van der Waals surface area contributed by atoms with E-state index in [0.29, 0.717) is 31.4 Å². The Bertz CT molecular complexity index is 1160. The fourth-order valence-electron chi connectivity index (χ4n) is 4.65. The van der Waals surface area contributed by atoms with Gasteiger partial charge in [0.1, 0.15) is 24.0 Å². The van der Waals surface area contributed by atoms with Gasteiger partial charge in [0, 0.05) is 62.3 Å². The van der Waals surface area contributed by atoms with E-state index in [1.165, 1.54) is 6.33 Å². The summed E-state index contributed by atoms with van der Waals surface area (Å²) in [4.78, 5) is 34.9. The van der Waals surface area contributed by atoms with Crippen molar-refractivity contribution in [1.29, 1.82) is 0 Å². The van der Waals surface area contributed by atoms with Crippen LogP contribution in [0.5, 0.6) is 0 Å². The molecule has 9 heteroatoms. The number of aromatic nitrogens is 4. The second-order valence-electron chi connectivity index (χ2n) is 8.74. The maximum Gasteiger partial charge on any atom is 0.257 e. The molecule has 3 aromatic heterocycles. The molecule has 0 spiro atoms. The Balaban J connectivity index is 1.47. The number of ether oxygens (including phenoxy) is 1. The van der Waals surface area contributed by atoms with Crippen LogP contribution >= 0.6 is 0 Å². The molecule has 33 heavy (non-hydrogen) atoms. The molecule has 4 heterocycles. The van der Waals surface area contributed by atoms with Gasteiger partial charge in [0.25, 0.3) is 5.91 Å². The molecule has 1 fully saturated rings. The number of aryl methyl sites for hydroxylation is 2. The SMILES string of the molecule is Cc1oc2c(c1C(=O)N1CCO[C@H](c3nc(N(C)C)ncc3-c3cncnc3)C1)CCCC2. The number of furan rings is 1. The zero-order valence-electron chi connectivity index (χ0n) is 19.2. The van der Waals surface area contributed by atoms with Gasteiger partial charge in [0.15, 0.2) is 0 Å². The molecule has 2 aliphatic rings. The number of anilines is 1. The monoisotopic (exact) mass is 448 g/mol. The average molecular weight is 449 g/mol. The Morgan fingerprint density at radius 3 is 2.73 bits per heavy atom. The summed E-state index contributed by atoms with van der Waals surface area (Å²) in [6.07, 6.45) is 10.4. The molecule has 172 valence electrons. The fraction of sp³-hybridized carbons (Fsp3) is 0.458. The highest BCUT2D eigenvalue weighted by molar-refractivity contribution is 5.97. The fourth-order valence-corrected chi connectivity index (χ4v) is 4.65. The van der Waals surface area contributed by atoms with Crippen LogP contribution in [0.1, 0.15) is 52.1 Å². The molecule has 0 N–H and O–H groups in total. The molecule has 1 aliphatic heterocycles. The van der Waals surface area contributed by atoms with Gasteiger partial charge in [-0.15, -0.1) is 0 Å². The zero-order chi connectivity index (χ0) is 22.9. The van der Waals surface area contributed by atoms with Gasteiger partial charge in [-0.1, -0.05) is 0 Å². The van der Waals surface area contributed by atoms with Crippen LogP contribution in [0.4, 0.5) is 5.95 Å². The van der Waals surface area contributed by atoms with Gasteiger partial charge in [0.05, 0.1) is 24.4 Å². The zero-order valence-corrected chi connectivity index (χ0v) is 19.2. The Labute approximate surface area is 192 Å². The van der Waals surface area contributed by atoms with Crippen molar-refractivity contribution in [3.05, 3.63) is 53.3 Å². The van der Waals surface area contributed by atoms with Crippen LogP contribution in [0.15, 0.2) is 29.3 Å². The molecular weight excluding hydrogens is 420 g/mol. The standard InChI is InChI=1S/C24H28N6O3/c1-15-21(17-6-4-5-7-19(17)33-15)23(31)30-8-9-32-20(13-30)22-18(16-10-25-14-26-11-16)12-27-24(28-22)29(2)3/h10-12,14,20H,4-9,13H2,1-3H3/t20-/m0/s1. The molecule has 1 amide bonds. The second kappa shape index (κ2) is 8.90. The molecule has 9 nitrogen and oxygen atoms in total. The normalized spacial score (nSPS) is 18.2. The largest absolute Gasteiger partial charge is 0.465 e. The summed E-state index contributed by atoms with van der Waals surface area (Å²) >= 11 is 0. The third kappa shape index (κ3) is 4.08. The van der Waals surface area contributed by atoms with Gasteiger partial charge in [0.2, 0.25) is 5.95 Å². The Morgan fingerprint density at radius 2 is 1.94 bits per heavy atom. The number of morpholine rings is 1. The van der Waals surface area contributed by atoms with Crippen LogP contribution in [0.3, 0.4) is 0 Å². The number of nitrogens with zero attached hydrogens (tertiary/aromatic N) is 6. The molecule has 0 saturated carbocycles. The number of rotatable bonds is 4. The number of hydrogen-bond donors (Lipinski definition) is 0. The third-order valence-corrected chi connectivity index (χ3v) is 6.30. The third-order valence-electron chi connectivity index (χ3n) is 6.30. The van der Waals surface area contributed by atoms with Crippen molar-refractivity contribution in [2.45, 2.75) is 38.7 Å². The highest BCUT2D eigenvalue weighted by Gasteiger charge is 2.33. The van der Waals surface area contributed by atoms with E-state index < -0.39 is 0 Å². The molecule has 0 radical (unpaired) electrons. The van der Waals surface area contributed by atoms with E-state index in [1.54, 1.807) is 18.6 Å². The van der Waals surface area contributed by atoms with Crippen LogP contribution in [-0.2, 0) is 17.6 Å². The van der Waals surface area contributed by atoms with Crippen molar-refractivity contribution < 1.29 is 13.9 Å². The number of hydrogen-bond acceptors (Lipinski definition) is 8. The lowest BCUT2D eigenvalue weighted by molar-refractivity contribution is -0.0245. The quantitative estimate of drug-likeness (QED) is 0.601. The lowest BCUT2D eigenvalue weighted by Gasteiger charge is -2.34. The molecule has 1 saturated heterocycles. The lowest BCUT2D eigenvalue weighted by Crippen LogP contribution is -2.43. The lowest BCUT2D eigenvalue weighted by atomic mass is 9.94. The molecule has 3 aromatic rings. The number of amides is 1. The summed E-state index contributed by atoms with van der Waals surface area (Å²) in [7, 11) is 3.79. The highest BCUT2D eigenvalue weighted by atomic mass is 16.5. The first-order valence-corrected chi connectivity index (χ1v) is 11.3. The Kier molecular flexibility index (Phi) is 5.80. The van der Waals surface area contributed by atoms with Crippen LogP contribution in [0.25, 0.3) is 11.1 Å². The summed E-state index contributed by atoms with van der Waals surface area (Å²) in [5, 5.41) is 0. The number of fused-ring (bicyclic) bond motifs is 1. The maximum absolute atomic E-state index is 13.6. The van der Waals surface area contributed by atoms with Gasteiger partial charge in [-0.25, -0.2) is 19.9 Å². The summed E-state index contributed by atoms with van der Waals surface area (Å²) in [6.45, 7) is 3.26. The van der Waals surface area contributed by atoms with Crippen LogP contribution < -0.4 is 4.90 Å². The van der Waals surface area contributed by atoms with Crippen molar-refractivity contribution in [2.75, 3.05) is 38.7 Å². The van der Waals surface area contributed by atoms with Crippen LogP contribution in [-0.4, -0.2) is 64.5 Å². The minimum absolute atomic E-state index is 0.0131. The van der Waals surface area contributed by atoms with Crippen LogP contribution in [0.2, 0.25) is 0 Å². The van der Waals surface area contributed by atoms with E-state index in [-0.39, 0.29) is 12.0 Å². The Hall–Kier alpha value is -3.33. The van der Waals surface area contributed by atoms with Crippen molar-refractivity contribution in [3.63, 3.8) is 0 Å². The molecule has 0 bridgehead atoms. The minimum Gasteiger partial charge on any atom is -0.465 e. The molecule has 1 atom stereocenters. The van der Waals surface area contributed by atoms with Crippen molar-refractivity contribution in [1.82, 2.24) is 24.8 Å². The summed E-state index contributed by atoms with van der Waals surface area (Å²) in [5.41, 5.74) is 4.17. The van der Waals surface area contributed by atoms with Gasteiger partial charge in [-0.3, -0.25) is 4.79 Å².